The average Bonchev–Trinajstić information content (AvgIpc) is 3.00. The summed E-state index contributed by atoms with van der Waals surface area (Å²) in [7, 11) is 0. The van der Waals surface area contributed by atoms with E-state index in [2.05, 4.69) is 42.3 Å². The quantitative estimate of drug-likeness (QED) is 0.215. The molecule has 0 atom stereocenters. The fourth-order valence-corrected chi connectivity index (χ4v) is 3.67. The molecule has 25 heavy (non-hydrogen) atoms. The Hall–Kier alpha value is -0.790. The van der Waals surface area contributed by atoms with E-state index in [1.165, 1.54) is 109 Å². The minimum Gasteiger partial charge on any atom is -0.234 e. The van der Waals surface area contributed by atoms with Crippen LogP contribution in [0.3, 0.4) is 0 Å². The second-order valence-corrected chi connectivity index (χ2v) is 7.74. The third kappa shape index (κ3) is 10.1. The standard InChI is InChI=1S/C23H45N2/c1-4-7-10-13-15-18-23-24(19-16-12-9-6-3)21-22-25(23)20-17-14-11-8-5-2/h21-22H,4-20H2,1-3H3/q+1. The van der Waals surface area contributed by atoms with Gasteiger partial charge in [-0.15, -0.1) is 0 Å². The maximum Gasteiger partial charge on any atom is 0.256 e. The lowest BCUT2D eigenvalue weighted by atomic mass is 10.1. The molecule has 0 aliphatic heterocycles. The zero-order valence-electron chi connectivity index (χ0n) is 17.6. The van der Waals surface area contributed by atoms with Gasteiger partial charge < -0.3 is 0 Å². The van der Waals surface area contributed by atoms with E-state index in [9.17, 15) is 0 Å². The second-order valence-electron chi connectivity index (χ2n) is 7.74. The van der Waals surface area contributed by atoms with Crippen molar-refractivity contribution in [1.82, 2.24) is 4.57 Å². The van der Waals surface area contributed by atoms with Gasteiger partial charge in [-0.3, -0.25) is 0 Å². The van der Waals surface area contributed by atoms with Crippen molar-refractivity contribution < 1.29 is 4.57 Å². The lowest BCUT2D eigenvalue weighted by Gasteiger charge is -2.06. The van der Waals surface area contributed by atoms with E-state index < -0.39 is 0 Å². The Morgan fingerprint density at radius 2 is 1.24 bits per heavy atom. The van der Waals surface area contributed by atoms with Gasteiger partial charge in [0.1, 0.15) is 12.4 Å². The molecule has 0 N–H and O–H groups in total. The summed E-state index contributed by atoms with van der Waals surface area (Å²) >= 11 is 0. The summed E-state index contributed by atoms with van der Waals surface area (Å²) < 4.78 is 5.12. The zero-order valence-corrected chi connectivity index (χ0v) is 17.6. The third-order valence-corrected chi connectivity index (χ3v) is 5.35. The molecule has 1 aromatic rings. The molecule has 1 rings (SSSR count). The number of aromatic nitrogens is 2. The van der Waals surface area contributed by atoms with Crippen LogP contribution in [0.15, 0.2) is 12.4 Å². The molecule has 2 nitrogen and oxygen atoms in total. The number of nitrogens with zero attached hydrogens (tertiary/aromatic N) is 2. The summed E-state index contributed by atoms with van der Waals surface area (Å²) in [6.45, 7) is 9.32. The van der Waals surface area contributed by atoms with Crippen LogP contribution < -0.4 is 4.57 Å². The highest BCUT2D eigenvalue weighted by molar-refractivity contribution is 4.84. The summed E-state index contributed by atoms with van der Waals surface area (Å²) in [6.07, 6.45) is 25.1. The Bertz CT molecular complexity index is 408. The van der Waals surface area contributed by atoms with Crippen LogP contribution in [0, 0.1) is 0 Å². The van der Waals surface area contributed by atoms with Gasteiger partial charge in [0.05, 0.1) is 13.1 Å². The third-order valence-electron chi connectivity index (χ3n) is 5.35. The number of hydrogen-bond donors (Lipinski definition) is 0. The average molecular weight is 350 g/mol. The van der Waals surface area contributed by atoms with Gasteiger partial charge in [0.15, 0.2) is 0 Å². The van der Waals surface area contributed by atoms with Crippen molar-refractivity contribution in [1.29, 1.82) is 0 Å². The van der Waals surface area contributed by atoms with Crippen molar-refractivity contribution in [2.45, 2.75) is 130 Å². The summed E-state index contributed by atoms with van der Waals surface area (Å²) in [5.41, 5.74) is 0. The SMILES string of the molecule is CCCCCCCc1n(CCCCCC)cc[n+]1CCCCCCC. The van der Waals surface area contributed by atoms with Gasteiger partial charge in [0, 0.05) is 6.42 Å². The molecule has 0 aliphatic carbocycles. The van der Waals surface area contributed by atoms with Gasteiger partial charge in [0.25, 0.3) is 5.82 Å². The van der Waals surface area contributed by atoms with E-state index in [4.69, 9.17) is 0 Å². The van der Waals surface area contributed by atoms with Crippen molar-refractivity contribution >= 4 is 0 Å². The molecule has 0 aliphatic rings. The summed E-state index contributed by atoms with van der Waals surface area (Å²) in [5.74, 6) is 1.59. The first-order valence-electron chi connectivity index (χ1n) is 11.4. The van der Waals surface area contributed by atoms with Crippen molar-refractivity contribution in [3.8, 4) is 0 Å². The maximum absolute atomic E-state index is 2.56. The van der Waals surface area contributed by atoms with Crippen molar-refractivity contribution in [3.63, 3.8) is 0 Å². The molecule has 0 saturated carbocycles. The Morgan fingerprint density at radius 3 is 1.88 bits per heavy atom. The largest absolute Gasteiger partial charge is 0.256 e. The first kappa shape index (κ1) is 22.3. The van der Waals surface area contributed by atoms with Crippen LogP contribution in [0.4, 0.5) is 0 Å². The highest BCUT2D eigenvalue weighted by atomic mass is 15.1. The fraction of sp³-hybridized carbons (Fsp3) is 0.870. The summed E-state index contributed by atoms with van der Waals surface area (Å²) in [6, 6.07) is 0. The molecule has 0 aromatic carbocycles. The number of rotatable bonds is 17. The lowest BCUT2D eigenvalue weighted by Crippen LogP contribution is -2.37. The molecule has 1 heterocycles. The molecule has 146 valence electrons. The first-order valence-corrected chi connectivity index (χ1v) is 11.4. The Kier molecular flexibility index (Phi) is 13.8. The van der Waals surface area contributed by atoms with Crippen LogP contribution in [0.5, 0.6) is 0 Å². The number of aryl methyl sites for hydroxylation is 2. The first-order chi connectivity index (χ1) is 12.3. The molecule has 0 saturated heterocycles. The Labute approximate surface area is 158 Å². The molecule has 0 bridgehead atoms. The number of hydrogen-bond acceptors (Lipinski definition) is 0. The molecule has 0 fully saturated rings. The second kappa shape index (κ2) is 15.5. The predicted octanol–water partition coefficient (Wildman–Crippen LogP) is 6.84. The molecule has 0 radical (unpaired) electrons. The van der Waals surface area contributed by atoms with Crippen molar-refractivity contribution in [3.05, 3.63) is 18.2 Å². The van der Waals surface area contributed by atoms with E-state index in [-0.39, 0.29) is 0 Å². The minimum atomic E-state index is 1.22. The van der Waals surface area contributed by atoms with Crippen LogP contribution >= 0.6 is 0 Å². The predicted molar refractivity (Wildman–Crippen MR) is 110 cm³/mol. The monoisotopic (exact) mass is 349 g/mol. The highest BCUT2D eigenvalue weighted by Crippen LogP contribution is 2.10. The molecule has 0 unspecified atom stereocenters. The van der Waals surface area contributed by atoms with E-state index >= 15 is 0 Å². The van der Waals surface area contributed by atoms with Gasteiger partial charge in [0.2, 0.25) is 0 Å². The minimum absolute atomic E-state index is 1.22. The molecular formula is C23H45N2+. The van der Waals surface area contributed by atoms with E-state index in [1.54, 1.807) is 5.82 Å². The lowest BCUT2D eigenvalue weighted by molar-refractivity contribution is -0.704. The van der Waals surface area contributed by atoms with Gasteiger partial charge in [-0.1, -0.05) is 78.6 Å². The number of unbranched alkanes of at least 4 members (excludes halogenated alkanes) is 11. The van der Waals surface area contributed by atoms with Crippen molar-refractivity contribution in [2.75, 3.05) is 0 Å². The number of imidazole rings is 1. The molecule has 0 spiro atoms. The van der Waals surface area contributed by atoms with Gasteiger partial charge in [-0.25, -0.2) is 9.13 Å². The van der Waals surface area contributed by atoms with Crippen LogP contribution in [0.25, 0.3) is 0 Å². The molecular weight excluding hydrogens is 304 g/mol. The van der Waals surface area contributed by atoms with E-state index in [1.807, 2.05) is 0 Å². The van der Waals surface area contributed by atoms with E-state index in [0.717, 1.165) is 0 Å². The van der Waals surface area contributed by atoms with Crippen molar-refractivity contribution in [2.24, 2.45) is 0 Å². The summed E-state index contributed by atoms with van der Waals surface area (Å²) in [5, 5.41) is 0. The molecule has 0 amide bonds. The summed E-state index contributed by atoms with van der Waals surface area (Å²) in [4.78, 5) is 0. The van der Waals surface area contributed by atoms with Crippen LogP contribution in [-0.2, 0) is 19.5 Å². The Morgan fingerprint density at radius 1 is 0.680 bits per heavy atom. The molecule has 2 heteroatoms. The highest BCUT2D eigenvalue weighted by Gasteiger charge is 2.16. The normalized spacial score (nSPS) is 11.3. The molecule has 1 aromatic heterocycles. The Balaban J connectivity index is 2.49. The van der Waals surface area contributed by atoms with Gasteiger partial charge >= 0.3 is 0 Å². The fourth-order valence-electron chi connectivity index (χ4n) is 3.67. The van der Waals surface area contributed by atoms with Gasteiger partial charge in [-0.05, 0) is 32.1 Å². The van der Waals surface area contributed by atoms with Crippen LogP contribution in [0.1, 0.15) is 116 Å². The maximum atomic E-state index is 2.56. The van der Waals surface area contributed by atoms with E-state index in [0.29, 0.717) is 0 Å². The zero-order chi connectivity index (χ0) is 18.2. The van der Waals surface area contributed by atoms with Crippen LogP contribution in [0.2, 0.25) is 0 Å². The smallest absolute Gasteiger partial charge is 0.234 e. The topological polar surface area (TPSA) is 8.81 Å². The van der Waals surface area contributed by atoms with Crippen LogP contribution in [-0.4, -0.2) is 4.57 Å². The van der Waals surface area contributed by atoms with Gasteiger partial charge in [-0.2, -0.15) is 0 Å².